The van der Waals surface area contributed by atoms with E-state index in [1.54, 1.807) is 6.20 Å². The zero-order chi connectivity index (χ0) is 11.3. The first-order valence-corrected chi connectivity index (χ1v) is 5.54. The molecule has 0 fully saturated rings. The maximum absolute atomic E-state index is 5.66. The van der Waals surface area contributed by atoms with E-state index in [1.807, 2.05) is 6.07 Å². The van der Waals surface area contributed by atoms with Gasteiger partial charge in [0.25, 0.3) is 0 Å². The highest BCUT2D eigenvalue weighted by Gasteiger charge is 2.09. The van der Waals surface area contributed by atoms with Crippen LogP contribution in [-0.4, -0.2) is 18.6 Å². The Labute approximate surface area is 92.3 Å². The van der Waals surface area contributed by atoms with Crippen LogP contribution < -0.4 is 10.6 Å². The second-order valence-electron chi connectivity index (χ2n) is 4.07. The largest absolute Gasteiger partial charge is 0.373 e. The summed E-state index contributed by atoms with van der Waals surface area (Å²) in [7, 11) is 2.10. The lowest BCUT2D eigenvalue weighted by Gasteiger charge is -2.24. The van der Waals surface area contributed by atoms with Gasteiger partial charge in [-0.05, 0) is 18.1 Å². The van der Waals surface area contributed by atoms with Crippen molar-refractivity contribution < 1.29 is 0 Å². The summed E-state index contributed by atoms with van der Waals surface area (Å²) in [6, 6.07) is 4.04. The first-order valence-electron chi connectivity index (χ1n) is 5.54. The van der Waals surface area contributed by atoms with Crippen molar-refractivity contribution in [2.45, 2.75) is 26.8 Å². The van der Waals surface area contributed by atoms with Crippen LogP contribution in [0.5, 0.6) is 0 Å². The van der Waals surface area contributed by atoms with Gasteiger partial charge in [0.15, 0.2) is 0 Å². The molecule has 2 N–H and O–H groups in total. The molecule has 0 aliphatic rings. The van der Waals surface area contributed by atoms with Gasteiger partial charge in [0.2, 0.25) is 0 Å². The molecule has 84 valence electrons. The molecule has 0 spiro atoms. The third-order valence-electron chi connectivity index (χ3n) is 2.75. The number of hydrogen-bond acceptors (Lipinski definition) is 3. The molecule has 0 saturated heterocycles. The SMILES string of the molecule is CCC(C)CN(C)c1cccnc1CN. The summed E-state index contributed by atoms with van der Waals surface area (Å²) < 4.78 is 0. The molecule has 1 atom stereocenters. The number of hydrogen-bond donors (Lipinski definition) is 1. The van der Waals surface area contributed by atoms with Crippen molar-refractivity contribution in [1.82, 2.24) is 4.98 Å². The van der Waals surface area contributed by atoms with Gasteiger partial charge < -0.3 is 10.6 Å². The Hall–Kier alpha value is -1.09. The molecule has 0 amide bonds. The average molecular weight is 207 g/mol. The fourth-order valence-electron chi connectivity index (χ4n) is 1.63. The summed E-state index contributed by atoms with van der Waals surface area (Å²) >= 11 is 0. The molecule has 3 nitrogen and oxygen atoms in total. The minimum atomic E-state index is 0.501. The van der Waals surface area contributed by atoms with Gasteiger partial charge in [0.1, 0.15) is 0 Å². The first kappa shape index (κ1) is 12.0. The van der Waals surface area contributed by atoms with Crippen LogP contribution in [0.15, 0.2) is 18.3 Å². The molecule has 0 aliphatic carbocycles. The lowest BCUT2D eigenvalue weighted by molar-refractivity contribution is 0.558. The molecule has 0 saturated carbocycles. The standard InChI is InChI=1S/C12H21N3/c1-4-10(2)9-15(3)12-6-5-7-14-11(12)8-13/h5-7,10H,4,8-9,13H2,1-3H3. The maximum Gasteiger partial charge on any atom is 0.0772 e. The number of nitrogens with zero attached hydrogens (tertiary/aromatic N) is 2. The van der Waals surface area contributed by atoms with E-state index in [0.717, 1.165) is 17.9 Å². The summed E-state index contributed by atoms with van der Waals surface area (Å²) in [5.41, 5.74) is 7.79. The summed E-state index contributed by atoms with van der Waals surface area (Å²) in [6.45, 7) is 6.02. The normalized spacial score (nSPS) is 12.5. The molecule has 15 heavy (non-hydrogen) atoms. The van der Waals surface area contributed by atoms with Crippen LogP contribution in [0.25, 0.3) is 0 Å². The summed E-state index contributed by atoms with van der Waals surface area (Å²) in [6.07, 6.45) is 2.99. The second-order valence-corrected chi connectivity index (χ2v) is 4.07. The Bertz CT molecular complexity index is 299. The minimum Gasteiger partial charge on any atom is -0.373 e. The molecule has 1 aromatic heterocycles. The van der Waals surface area contributed by atoms with Gasteiger partial charge in [-0.25, -0.2) is 0 Å². The number of aromatic nitrogens is 1. The van der Waals surface area contributed by atoms with Gasteiger partial charge in [0, 0.05) is 26.3 Å². The van der Waals surface area contributed by atoms with Crippen LogP contribution in [-0.2, 0) is 6.54 Å². The lowest BCUT2D eigenvalue weighted by atomic mass is 10.1. The van der Waals surface area contributed by atoms with E-state index >= 15 is 0 Å². The van der Waals surface area contributed by atoms with E-state index in [2.05, 4.69) is 36.8 Å². The van der Waals surface area contributed by atoms with Crippen LogP contribution in [0.1, 0.15) is 26.0 Å². The molecule has 1 unspecified atom stereocenters. The maximum atomic E-state index is 5.66. The fourth-order valence-corrected chi connectivity index (χ4v) is 1.63. The number of anilines is 1. The summed E-state index contributed by atoms with van der Waals surface area (Å²) in [5.74, 6) is 0.695. The first-order chi connectivity index (χ1) is 7.19. The monoisotopic (exact) mass is 207 g/mol. The van der Waals surface area contributed by atoms with E-state index in [1.165, 1.54) is 6.42 Å². The van der Waals surface area contributed by atoms with Gasteiger partial charge in [-0.3, -0.25) is 4.98 Å². The number of rotatable bonds is 5. The van der Waals surface area contributed by atoms with Crippen molar-refractivity contribution in [2.24, 2.45) is 11.7 Å². The number of nitrogens with two attached hydrogens (primary N) is 1. The highest BCUT2D eigenvalue weighted by atomic mass is 15.1. The Balaban J connectivity index is 2.76. The van der Waals surface area contributed by atoms with Crippen LogP contribution in [0.2, 0.25) is 0 Å². The Morgan fingerprint density at radius 3 is 2.87 bits per heavy atom. The molecule has 0 aliphatic heterocycles. The molecule has 1 heterocycles. The van der Waals surface area contributed by atoms with Crippen molar-refractivity contribution >= 4 is 5.69 Å². The number of pyridine rings is 1. The van der Waals surface area contributed by atoms with E-state index in [4.69, 9.17) is 5.73 Å². The van der Waals surface area contributed by atoms with Crippen molar-refractivity contribution in [1.29, 1.82) is 0 Å². The molecule has 1 aromatic rings. The van der Waals surface area contributed by atoms with Gasteiger partial charge >= 0.3 is 0 Å². The third kappa shape index (κ3) is 3.20. The van der Waals surface area contributed by atoms with E-state index in [0.29, 0.717) is 12.5 Å². The Kier molecular flexibility index (Phi) is 4.56. The molecule has 0 aromatic carbocycles. The topological polar surface area (TPSA) is 42.2 Å². The van der Waals surface area contributed by atoms with Crippen molar-refractivity contribution in [3.63, 3.8) is 0 Å². The Morgan fingerprint density at radius 2 is 2.27 bits per heavy atom. The van der Waals surface area contributed by atoms with Gasteiger partial charge in [-0.15, -0.1) is 0 Å². The smallest absolute Gasteiger partial charge is 0.0772 e. The van der Waals surface area contributed by atoms with Crippen molar-refractivity contribution in [3.8, 4) is 0 Å². The van der Waals surface area contributed by atoms with Crippen molar-refractivity contribution in [2.75, 3.05) is 18.5 Å². The predicted octanol–water partition coefficient (Wildman–Crippen LogP) is 2.02. The minimum absolute atomic E-state index is 0.501. The lowest BCUT2D eigenvalue weighted by Crippen LogP contribution is -2.25. The van der Waals surface area contributed by atoms with Crippen LogP contribution >= 0.6 is 0 Å². The van der Waals surface area contributed by atoms with Crippen molar-refractivity contribution in [3.05, 3.63) is 24.0 Å². The molecule has 0 radical (unpaired) electrons. The third-order valence-corrected chi connectivity index (χ3v) is 2.75. The average Bonchev–Trinajstić information content (AvgIpc) is 2.28. The fraction of sp³-hybridized carbons (Fsp3) is 0.583. The highest BCUT2D eigenvalue weighted by Crippen LogP contribution is 2.18. The summed E-state index contributed by atoms with van der Waals surface area (Å²) in [5, 5.41) is 0. The quantitative estimate of drug-likeness (QED) is 0.803. The van der Waals surface area contributed by atoms with Crippen LogP contribution in [0.3, 0.4) is 0 Å². The van der Waals surface area contributed by atoms with E-state index in [-0.39, 0.29) is 0 Å². The highest BCUT2D eigenvalue weighted by molar-refractivity contribution is 5.49. The zero-order valence-electron chi connectivity index (χ0n) is 9.90. The second kappa shape index (κ2) is 5.71. The zero-order valence-corrected chi connectivity index (χ0v) is 9.90. The van der Waals surface area contributed by atoms with E-state index in [9.17, 15) is 0 Å². The molecular weight excluding hydrogens is 186 g/mol. The van der Waals surface area contributed by atoms with Gasteiger partial charge in [-0.1, -0.05) is 20.3 Å². The molecular formula is C12H21N3. The van der Waals surface area contributed by atoms with Crippen LogP contribution in [0.4, 0.5) is 5.69 Å². The molecule has 1 rings (SSSR count). The molecule has 3 heteroatoms. The Morgan fingerprint density at radius 1 is 1.53 bits per heavy atom. The van der Waals surface area contributed by atoms with Gasteiger partial charge in [-0.2, -0.15) is 0 Å². The summed E-state index contributed by atoms with van der Waals surface area (Å²) in [4.78, 5) is 6.52. The molecule has 0 bridgehead atoms. The van der Waals surface area contributed by atoms with E-state index < -0.39 is 0 Å². The predicted molar refractivity (Wildman–Crippen MR) is 64.9 cm³/mol. The van der Waals surface area contributed by atoms with Gasteiger partial charge in [0.05, 0.1) is 11.4 Å². The van der Waals surface area contributed by atoms with Crippen LogP contribution in [0, 0.1) is 5.92 Å².